The van der Waals surface area contributed by atoms with Crippen molar-refractivity contribution in [1.29, 1.82) is 0 Å². The van der Waals surface area contributed by atoms with Crippen LogP contribution < -0.4 is 14.8 Å². The molecule has 1 N–H and O–H groups in total. The number of aromatic nitrogens is 3. The van der Waals surface area contributed by atoms with Crippen LogP contribution in [-0.4, -0.2) is 45.8 Å². The highest BCUT2D eigenvalue weighted by Gasteiger charge is 2.25. The standard InChI is InChI=1S/C15H17N5O3/c21-15(18-11-1-2-13-14(9-11)23-10-22-13)19-7-3-12(4-8-19)20-16-5-6-17-20/h1-2,5-6,9,12H,3-4,7-8,10H2,(H,18,21). The van der Waals surface area contributed by atoms with Crippen molar-refractivity contribution in [3.63, 3.8) is 0 Å². The molecule has 4 rings (SSSR count). The fraction of sp³-hybridized carbons (Fsp3) is 0.400. The highest BCUT2D eigenvalue weighted by atomic mass is 16.7. The fourth-order valence-electron chi connectivity index (χ4n) is 2.89. The summed E-state index contributed by atoms with van der Waals surface area (Å²) in [5.74, 6) is 1.36. The summed E-state index contributed by atoms with van der Waals surface area (Å²) in [6.45, 7) is 1.59. The molecule has 120 valence electrons. The van der Waals surface area contributed by atoms with E-state index in [1.54, 1.807) is 29.3 Å². The smallest absolute Gasteiger partial charge is 0.321 e. The molecule has 0 unspecified atom stereocenters. The molecule has 1 fully saturated rings. The SMILES string of the molecule is O=C(Nc1ccc2c(c1)OCO2)N1CCC(n2nccn2)CC1. The molecule has 1 aromatic heterocycles. The molecule has 0 radical (unpaired) electrons. The number of anilines is 1. The van der Waals surface area contributed by atoms with Crippen LogP contribution in [0.1, 0.15) is 18.9 Å². The van der Waals surface area contributed by atoms with E-state index in [0.717, 1.165) is 12.8 Å². The zero-order valence-electron chi connectivity index (χ0n) is 12.5. The first-order chi connectivity index (χ1) is 11.3. The maximum Gasteiger partial charge on any atom is 0.321 e. The van der Waals surface area contributed by atoms with E-state index in [2.05, 4.69) is 15.5 Å². The Kier molecular flexibility index (Phi) is 3.49. The molecule has 8 nitrogen and oxygen atoms in total. The molecule has 0 aliphatic carbocycles. The lowest BCUT2D eigenvalue weighted by molar-refractivity contribution is 0.174. The van der Waals surface area contributed by atoms with Gasteiger partial charge in [-0.25, -0.2) is 4.79 Å². The highest BCUT2D eigenvalue weighted by Crippen LogP contribution is 2.34. The van der Waals surface area contributed by atoms with Crippen LogP contribution >= 0.6 is 0 Å². The molecular weight excluding hydrogens is 298 g/mol. The van der Waals surface area contributed by atoms with Crippen LogP contribution in [0.5, 0.6) is 11.5 Å². The summed E-state index contributed by atoms with van der Waals surface area (Å²) in [4.78, 5) is 15.9. The lowest BCUT2D eigenvalue weighted by Crippen LogP contribution is -2.41. The molecule has 0 bridgehead atoms. The van der Waals surface area contributed by atoms with Crippen LogP contribution in [0.15, 0.2) is 30.6 Å². The average molecular weight is 315 g/mol. The van der Waals surface area contributed by atoms with Crippen LogP contribution in [0, 0.1) is 0 Å². The molecule has 0 atom stereocenters. The number of nitrogens with one attached hydrogen (secondary N) is 1. The minimum absolute atomic E-state index is 0.101. The zero-order chi connectivity index (χ0) is 15.6. The fourth-order valence-corrected chi connectivity index (χ4v) is 2.89. The van der Waals surface area contributed by atoms with E-state index in [0.29, 0.717) is 30.3 Å². The normalized spacial score (nSPS) is 17.3. The maximum absolute atomic E-state index is 12.4. The number of carbonyl (C=O) groups is 1. The van der Waals surface area contributed by atoms with Gasteiger partial charge in [0.2, 0.25) is 6.79 Å². The van der Waals surface area contributed by atoms with Gasteiger partial charge in [-0.2, -0.15) is 15.0 Å². The predicted octanol–water partition coefficient (Wildman–Crippen LogP) is 1.88. The first kappa shape index (κ1) is 13.9. The molecule has 8 heteroatoms. The number of ether oxygens (including phenoxy) is 2. The van der Waals surface area contributed by atoms with Crippen LogP contribution in [-0.2, 0) is 0 Å². The zero-order valence-corrected chi connectivity index (χ0v) is 12.5. The summed E-state index contributed by atoms with van der Waals surface area (Å²) in [5.41, 5.74) is 0.704. The van der Waals surface area contributed by atoms with Gasteiger partial charge in [-0.3, -0.25) is 0 Å². The number of urea groups is 1. The molecule has 0 saturated carbocycles. The number of fused-ring (bicyclic) bond motifs is 1. The van der Waals surface area contributed by atoms with Crippen molar-refractivity contribution in [3.8, 4) is 11.5 Å². The third-order valence-corrected chi connectivity index (χ3v) is 4.14. The highest BCUT2D eigenvalue weighted by molar-refractivity contribution is 5.89. The lowest BCUT2D eigenvalue weighted by Gasteiger charge is -2.31. The second kappa shape index (κ2) is 5.79. The average Bonchev–Trinajstić information content (AvgIpc) is 3.26. The van der Waals surface area contributed by atoms with Gasteiger partial charge >= 0.3 is 6.03 Å². The number of likely N-dealkylation sites (tertiary alicyclic amines) is 1. The Labute approximate surface area is 133 Å². The Morgan fingerprint density at radius 3 is 2.65 bits per heavy atom. The number of rotatable bonds is 2. The first-order valence-corrected chi connectivity index (χ1v) is 7.61. The third-order valence-electron chi connectivity index (χ3n) is 4.14. The van der Waals surface area contributed by atoms with Crippen molar-refractivity contribution in [2.75, 3.05) is 25.2 Å². The van der Waals surface area contributed by atoms with Gasteiger partial charge in [0.05, 0.1) is 18.4 Å². The monoisotopic (exact) mass is 315 g/mol. The van der Waals surface area contributed by atoms with E-state index in [1.165, 1.54) is 0 Å². The van der Waals surface area contributed by atoms with Crippen LogP contribution in [0.25, 0.3) is 0 Å². The summed E-state index contributed by atoms with van der Waals surface area (Å²) in [6.07, 6.45) is 5.06. The third kappa shape index (κ3) is 2.79. The molecule has 2 amide bonds. The molecule has 2 aliphatic heterocycles. The Morgan fingerprint density at radius 1 is 1.13 bits per heavy atom. The van der Waals surface area contributed by atoms with Crippen LogP contribution in [0.2, 0.25) is 0 Å². The number of nitrogens with zero attached hydrogens (tertiary/aromatic N) is 4. The number of hydrogen-bond acceptors (Lipinski definition) is 5. The lowest BCUT2D eigenvalue weighted by atomic mass is 10.1. The largest absolute Gasteiger partial charge is 0.454 e. The number of hydrogen-bond donors (Lipinski definition) is 1. The number of benzene rings is 1. The van der Waals surface area contributed by atoms with Gasteiger partial charge in [0.15, 0.2) is 11.5 Å². The molecule has 1 saturated heterocycles. The molecule has 3 heterocycles. The minimum Gasteiger partial charge on any atom is -0.454 e. The summed E-state index contributed by atoms with van der Waals surface area (Å²) < 4.78 is 10.6. The molecule has 2 aromatic rings. The molecule has 0 spiro atoms. The van der Waals surface area contributed by atoms with Gasteiger partial charge < -0.3 is 19.7 Å². The van der Waals surface area contributed by atoms with Crippen LogP contribution in [0.3, 0.4) is 0 Å². The Bertz CT molecular complexity index is 695. The van der Waals surface area contributed by atoms with E-state index < -0.39 is 0 Å². The van der Waals surface area contributed by atoms with E-state index in [4.69, 9.17) is 9.47 Å². The first-order valence-electron chi connectivity index (χ1n) is 7.61. The summed E-state index contributed by atoms with van der Waals surface area (Å²) in [5, 5.41) is 11.2. The van der Waals surface area contributed by atoms with Gasteiger partial charge in [-0.1, -0.05) is 0 Å². The number of piperidine rings is 1. The minimum atomic E-state index is -0.101. The van der Waals surface area contributed by atoms with Gasteiger partial charge in [0.25, 0.3) is 0 Å². The summed E-state index contributed by atoms with van der Waals surface area (Å²) in [6, 6.07) is 5.55. The van der Waals surface area contributed by atoms with E-state index in [-0.39, 0.29) is 18.9 Å². The predicted molar refractivity (Wildman–Crippen MR) is 81.4 cm³/mol. The van der Waals surface area contributed by atoms with Crippen molar-refractivity contribution in [3.05, 3.63) is 30.6 Å². The quantitative estimate of drug-likeness (QED) is 0.915. The summed E-state index contributed by atoms with van der Waals surface area (Å²) >= 11 is 0. The van der Waals surface area contributed by atoms with E-state index in [9.17, 15) is 4.79 Å². The van der Waals surface area contributed by atoms with Gasteiger partial charge in [0.1, 0.15) is 0 Å². The topological polar surface area (TPSA) is 81.5 Å². The Hall–Kier alpha value is -2.77. The molecule has 23 heavy (non-hydrogen) atoms. The number of carbonyl (C=O) groups excluding carboxylic acids is 1. The van der Waals surface area contributed by atoms with Crippen molar-refractivity contribution in [2.24, 2.45) is 0 Å². The van der Waals surface area contributed by atoms with Gasteiger partial charge in [-0.15, -0.1) is 0 Å². The molecule has 1 aromatic carbocycles. The van der Waals surface area contributed by atoms with Gasteiger partial charge in [0, 0.05) is 24.8 Å². The van der Waals surface area contributed by atoms with Crippen molar-refractivity contribution < 1.29 is 14.3 Å². The maximum atomic E-state index is 12.4. The molecule has 2 aliphatic rings. The van der Waals surface area contributed by atoms with E-state index in [1.807, 2.05) is 11.0 Å². The second-order valence-corrected chi connectivity index (χ2v) is 5.57. The van der Waals surface area contributed by atoms with Crippen LogP contribution in [0.4, 0.5) is 10.5 Å². The van der Waals surface area contributed by atoms with Crippen molar-refractivity contribution in [2.45, 2.75) is 18.9 Å². The van der Waals surface area contributed by atoms with Crippen molar-refractivity contribution in [1.82, 2.24) is 19.9 Å². The summed E-state index contributed by atoms with van der Waals surface area (Å²) in [7, 11) is 0. The van der Waals surface area contributed by atoms with Gasteiger partial charge in [-0.05, 0) is 25.0 Å². The molecular formula is C15H17N5O3. The van der Waals surface area contributed by atoms with E-state index >= 15 is 0 Å². The second-order valence-electron chi connectivity index (χ2n) is 5.57. The number of amides is 2. The Balaban J connectivity index is 1.35. The van der Waals surface area contributed by atoms with Crippen molar-refractivity contribution >= 4 is 11.7 Å². The Morgan fingerprint density at radius 2 is 1.87 bits per heavy atom.